The van der Waals surface area contributed by atoms with E-state index in [0.717, 1.165) is 6.54 Å². The molecule has 1 atom stereocenters. The normalized spacial score (nSPS) is 19.6. The summed E-state index contributed by atoms with van der Waals surface area (Å²) in [5.41, 5.74) is 4.12. The average molecular weight is 297 g/mol. The first-order valence-electron chi connectivity index (χ1n) is 6.63. The molecule has 0 radical (unpaired) electrons. The molecule has 0 spiro atoms. The number of hydrogen-bond acceptors (Lipinski definition) is 2. The second kappa shape index (κ2) is 7.05. The molecule has 104 valence electrons. The number of nitrogens with zero attached hydrogens (tertiary/aromatic N) is 2. The van der Waals surface area contributed by atoms with Crippen LogP contribution in [0.25, 0.3) is 10.9 Å². The number of rotatable bonds is 1. The summed E-state index contributed by atoms with van der Waals surface area (Å²) in [5, 5.41) is 6.04. The van der Waals surface area contributed by atoms with Crippen molar-refractivity contribution in [1.82, 2.24) is 15.0 Å². The van der Waals surface area contributed by atoms with Crippen LogP contribution in [0, 0.1) is 13.3 Å². The van der Waals surface area contributed by atoms with Crippen molar-refractivity contribution in [2.24, 2.45) is 5.92 Å². The molecule has 1 unspecified atom stereocenters. The van der Waals surface area contributed by atoms with Crippen LogP contribution in [0.1, 0.15) is 31.1 Å². The Morgan fingerprint density at radius 2 is 1.85 bits per heavy atom. The van der Waals surface area contributed by atoms with Gasteiger partial charge in [-0.3, -0.25) is 0 Å². The quantitative estimate of drug-likeness (QED) is 0.615. The van der Waals surface area contributed by atoms with E-state index in [2.05, 4.69) is 67.2 Å². The van der Waals surface area contributed by atoms with E-state index in [0.29, 0.717) is 12.0 Å². The summed E-state index contributed by atoms with van der Waals surface area (Å²) >= 11 is 0. The minimum atomic E-state index is 0. The zero-order valence-corrected chi connectivity index (χ0v) is 16.7. The number of hydrogen-bond donors (Lipinski definition) is 1. The van der Waals surface area contributed by atoms with Crippen molar-refractivity contribution >= 4 is 10.9 Å². The number of benzene rings is 1. The molecule has 20 heavy (non-hydrogen) atoms. The third kappa shape index (κ3) is 2.93. The fraction of sp³-hybridized carbons (Fsp3) is 0.438. The number of H-pyrrole nitrogens is 1. The van der Waals surface area contributed by atoms with Gasteiger partial charge < -0.3 is 12.4 Å². The molecule has 0 saturated carbocycles. The number of hydrazine groups is 1. The number of para-hydroxylation sites is 1. The standard InChI is InChI=1S/C15H21N3.CH3.K/c1-10(2)15-14-11-7-5-6-8-12(11)16-13(14)9-17(3)18(15)4;;/h5-8,10,15-16H,9H2,1-4H3;1H3;/q;-1;+1. The van der Waals surface area contributed by atoms with Gasteiger partial charge in [0.1, 0.15) is 0 Å². The fourth-order valence-electron chi connectivity index (χ4n) is 3.19. The molecular formula is C16H24KN3. The number of nitrogens with one attached hydrogen (secondary N) is 1. The maximum Gasteiger partial charge on any atom is 1.00 e. The van der Waals surface area contributed by atoms with Gasteiger partial charge in [-0.05, 0) is 12.0 Å². The maximum atomic E-state index is 3.58. The second-order valence-corrected chi connectivity index (χ2v) is 5.64. The van der Waals surface area contributed by atoms with E-state index < -0.39 is 0 Å². The zero-order valence-electron chi connectivity index (χ0n) is 13.6. The molecule has 0 bridgehead atoms. The van der Waals surface area contributed by atoms with E-state index in [1.807, 2.05) is 0 Å². The van der Waals surface area contributed by atoms with Crippen molar-refractivity contribution in [1.29, 1.82) is 0 Å². The smallest absolute Gasteiger partial charge is 0.358 e. The van der Waals surface area contributed by atoms with Gasteiger partial charge in [-0.15, -0.1) is 0 Å². The molecule has 1 aromatic heterocycles. The summed E-state index contributed by atoms with van der Waals surface area (Å²) in [4.78, 5) is 3.58. The third-order valence-electron chi connectivity index (χ3n) is 4.08. The summed E-state index contributed by atoms with van der Waals surface area (Å²) < 4.78 is 0. The first-order chi connectivity index (χ1) is 8.59. The monoisotopic (exact) mass is 297 g/mol. The molecule has 1 aliphatic rings. The Bertz CT molecular complexity index is 576. The van der Waals surface area contributed by atoms with Gasteiger partial charge in [0.25, 0.3) is 0 Å². The number of fused-ring (bicyclic) bond motifs is 3. The SMILES string of the molecule is CC(C)C1c2c([nH]c3ccccc23)CN(C)N1C.[CH3-].[K+]. The van der Waals surface area contributed by atoms with Crippen LogP contribution in [0.5, 0.6) is 0 Å². The van der Waals surface area contributed by atoms with Gasteiger partial charge in [-0.2, -0.15) is 0 Å². The van der Waals surface area contributed by atoms with Crippen LogP contribution in [0.15, 0.2) is 24.3 Å². The summed E-state index contributed by atoms with van der Waals surface area (Å²) in [6, 6.07) is 9.09. The molecule has 1 N–H and O–H groups in total. The summed E-state index contributed by atoms with van der Waals surface area (Å²) in [7, 11) is 4.35. The Labute approximate surface area is 165 Å². The third-order valence-corrected chi connectivity index (χ3v) is 4.08. The predicted octanol–water partition coefficient (Wildman–Crippen LogP) is 0.611. The molecule has 4 heteroatoms. The van der Waals surface area contributed by atoms with Gasteiger partial charge in [-0.1, -0.05) is 32.0 Å². The van der Waals surface area contributed by atoms with Crippen molar-refractivity contribution in [3.05, 3.63) is 42.9 Å². The van der Waals surface area contributed by atoms with Crippen LogP contribution in [0.3, 0.4) is 0 Å². The molecular weight excluding hydrogens is 273 g/mol. The van der Waals surface area contributed by atoms with Crippen molar-refractivity contribution in [3.8, 4) is 0 Å². The molecule has 3 nitrogen and oxygen atoms in total. The Kier molecular flexibility index (Phi) is 6.47. The minimum absolute atomic E-state index is 0. The van der Waals surface area contributed by atoms with E-state index in [-0.39, 0.29) is 58.8 Å². The van der Waals surface area contributed by atoms with Crippen LogP contribution in [-0.4, -0.2) is 29.1 Å². The predicted molar refractivity (Wildman–Crippen MR) is 81.5 cm³/mol. The minimum Gasteiger partial charge on any atom is -0.358 e. The van der Waals surface area contributed by atoms with Gasteiger partial charge in [0, 0.05) is 36.3 Å². The van der Waals surface area contributed by atoms with Crippen LogP contribution >= 0.6 is 0 Å². The molecule has 2 aromatic rings. The van der Waals surface area contributed by atoms with Gasteiger partial charge in [-0.25, -0.2) is 10.0 Å². The van der Waals surface area contributed by atoms with E-state index in [4.69, 9.17) is 0 Å². The molecule has 1 aliphatic heterocycles. The Balaban J connectivity index is 0.000001000. The number of aromatic nitrogens is 1. The molecule has 0 amide bonds. The zero-order chi connectivity index (χ0) is 12.9. The van der Waals surface area contributed by atoms with E-state index >= 15 is 0 Å². The summed E-state index contributed by atoms with van der Waals surface area (Å²) in [6.45, 7) is 5.56. The molecule has 3 rings (SSSR count). The Morgan fingerprint density at radius 1 is 1.20 bits per heavy atom. The van der Waals surface area contributed by atoms with Crippen LogP contribution < -0.4 is 51.4 Å². The van der Waals surface area contributed by atoms with Crippen LogP contribution in [0.4, 0.5) is 0 Å². The molecule has 0 saturated heterocycles. The van der Waals surface area contributed by atoms with Gasteiger partial charge in [0.2, 0.25) is 0 Å². The fourth-order valence-corrected chi connectivity index (χ4v) is 3.19. The molecule has 2 heterocycles. The van der Waals surface area contributed by atoms with E-state index in [1.54, 1.807) is 0 Å². The van der Waals surface area contributed by atoms with Gasteiger partial charge in [0.05, 0.1) is 12.6 Å². The first kappa shape index (κ1) is 18.4. The topological polar surface area (TPSA) is 22.3 Å². The van der Waals surface area contributed by atoms with Crippen molar-refractivity contribution in [2.75, 3.05) is 14.1 Å². The Hall–Kier alpha value is 0.316. The summed E-state index contributed by atoms with van der Waals surface area (Å²) in [6.07, 6.45) is 0. The molecule has 1 aromatic carbocycles. The van der Waals surface area contributed by atoms with E-state index in [9.17, 15) is 0 Å². The largest absolute Gasteiger partial charge is 1.00 e. The van der Waals surface area contributed by atoms with Gasteiger partial charge in [0.15, 0.2) is 0 Å². The van der Waals surface area contributed by atoms with Crippen molar-refractivity contribution in [2.45, 2.75) is 26.4 Å². The second-order valence-electron chi connectivity index (χ2n) is 5.64. The first-order valence-corrected chi connectivity index (χ1v) is 6.63. The average Bonchev–Trinajstić information content (AvgIpc) is 2.68. The summed E-state index contributed by atoms with van der Waals surface area (Å²) in [5.74, 6) is 0.593. The Morgan fingerprint density at radius 3 is 2.50 bits per heavy atom. The maximum absolute atomic E-state index is 3.58. The molecule has 0 aliphatic carbocycles. The molecule has 0 fully saturated rings. The van der Waals surface area contributed by atoms with Gasteiger partial charge >= 0.3 is 51.4 Å². The number of aromatic amines is 1. The van der Waals surface area contributed by atoms with Crippen LogP contribution in [0.2, 0.25) is 0 Å². The van der Waals surface area contributed by atoms with Crippen LogP contribution in [-0.2, 0) is 6.54 Å². The van der Waals surface area contributed by atoms with E-state index in [1.165, 1.54) is 22.2 Å². The van der Waals surface area contributed by atoms with Crippen molar-refractivity contribution < 1.29 is 51.4 Å². The van der Waals surface area contributed by atoms with Crippen molar-refractivity contribution in [3.63, 3.8) is 0 Å².